The molecule has 2 rings (SSSR count). The standard InChI is InChI=1S/C17H18N2O/c1-18-19-13-16-6-4-3-5-15(16)10-7-14-8-11-17(20-2)12-9-14/h3-13,18H,1-2H3/b10-7+,19-13+. The molecule has 20 heavy (non-hydrogen) atoms. The first kappa shape index (κ1) is 13.9. The zero-order chi connectivity index (χ0) is 14.2. The molecule has 0 amide bonds. The molecule has 2 aromatic carbocycles. The highest BCUT2D eigenvalue weighted by Gasteiger charge is 1.95. The van der Waals surface area contributed by atoms with Gasteiger partial charge in [-0.1, -0.05) is 48.6 Å². The molecule has 0 atom stereocenters. The quantitative estimate of drug-likeness (QED) is 0.511. The average molecular weight is 266 g/mol. The molecule has 0 aromatic heterocycles. The third-order valence-electron chi connectivity index (χ3n) is 2.90. The van der Waals surface area contributed by atoms with Crippen LogP contribution < -0.4 is 10.2 Å². The summed E-state index contributed by atoms with van der Waals surface area (Å²) in [6.45, 7) is 0. The van der Waals surface area contributed by atoms with E-state index in [2.05, 4.69) is 28.7 Å². The smallest absolute Gasteiger partial charge is 0.118 e. The Morgan fingerprint density at radius 2 is 1.65 bits per heavy atom. The van der Waals surface area contributed by atoms with Crippen molar-refractivity contribution < 1.29 is 4.74 Å². The van der Waals surface area contributed by atoms with Gasteiger partial charge >= 0.3 is 0 Å². The van der Waals surface area contributed by atoms with Crippen molar-refractivity contribution in [2.45, 2.75) is 0 Å². The lowest BCUT2D eigenvalue weighted by molar-refractivity contribution is 0.415. The lowest BCUT2D eigenvalue weighted by Gasteiger charge is -2.01. The van der Waals surface area contributed by atoms with Crippen molar-refractivity contribution in [1.82, 2.24) is 5.43 Å². The maximum absolute atomic E-state index is 5.15. The molecule has 0 aliphatic carbocycles. The van der Waals surface area contributed by atoms with Crippen LogP contribution in [-0.4, -0.2) is 20.4 Å². The Balaban J connectivity index is 2.19. The topological polar surface area (TPSA) is 33.6 Å². The van der Waals surface area contributed by atoms with Gasteiger partial charge in [0.25, 0.3) is 0 Å². The highest BCUT2D eigenvalue weighted by molar-refractivity contribution is 5.87. The molecule has 0 spiro atoms. The molecular weight excluding hydrogens is 248 g/mol. The van der Waals surface area contributed by atoms with Gasteiger partial charge in [-0.15, -0.1) is 0 Å². The molecule has 0 bridgehead atoms. The molecule has 3 heteroatoms. The largest absolute Gasteiger partial charge is 0.497 e. The van der Waals surface area contributed by atoms with E-state index in [0.29, 0.717) is 0 Å². The highest BCUT2D eigenvalue weighted by atomic mass is 16.5. The van der Waals surface area contributed by atoms with Crippen LogP contribution in [0.2, 0.25) is 0 Å². The summed E-state index contributed by atoms with van der Waals surface area (Å²) in [4.78, 5) is 0. The highest BCUT2D eigenvalue weighted by Crippen LogP contribution is 2.15. The van der Waals surface area contributed by atoms with Crippen LogP contribution in [0.1, 0.15) is 16.7 Å². The van der Waals surface area contributed by atoms with E-state index < -0.39 is 0 Å². The maximum atomic E-state index is 5.15. The molecule has 0 aliphatic rings. The van der Waals surface area contributed by atoms with Crippen molar-refractivity contribution in [1.29, 1.82) is 0 Å². The molecule has 0 radical (unpaired) electrons. The van der Waals surface area contributed by atoms with Gasteiger partial charge in [-0.3, -0.25) is 0 Å². The molecule has 0 heterocycles. The minimum Gasteiger partial charge on any atom is -0.497 e. The Bertz CT molecular complexity index is 601. The van der Waals surface area contributed by atoms with E-state index in [1.165, 1.54) is 0 Å². The van der Waals surface area contributed by atoms with Gasteiger partial charge < -0.3 is 10.2 Å². The van der Waals surface area contributed by atoms with Gasteiger partial charge in [0.1, 0.15) is 5.75 Å². The number of hydrogen-bond donors (Lipinski definition) is 1. The van der Waals surface area contributed by atoms with Crippen molar-refractivity contribution in [3.63, 3.8) is 0 Å². The van der Waals surface area contributed by atoms with Gasteiger partial charge in [-0.2, -0.15) is 5.10 Å². The normalized spacial score (nSPS) is 11.1. The fraction of sp³-hybridized carbons (Fsp3) is 0.118. The van der Waals surface area contributed by atoms with Crippen molar-refractivity contribution in [3.05, 3.63) is 65.2 Å². The number of hydrazone groups is 1. The van der Waals surface area contributed by atoms with E-state index in [-0.39, 0.29) is 0 Å². The second kappa shape index (κ2) is 7.14. The van der Waals surface area contributed by atoms with Crippen molar-refractivity contribution in [3.8, 4) is 5.75 Å². The molecular formula is C17H18N2O. The van der Waals surface area contributed by atoms with Gasteiger partial charge in [0, 0.05) is 12.6 Å². The zero-order valence-electron chi connectivity index (χ0n) is 11.7. The van der Waals surface area contributed by atoms with Crippen molar-refractivity contribution in [2.24, 2.45) is 5.10 Å². The van der Waals surface area contributed by atoms with Gasteiger partial charge in [-0.25, -0.2) is 0 Å². The molecule has 2 aromatic rings. The predicted molar refractivity (Wildman–Crippen MR) is 85.0 cm³/mol. The average Bonchev–Trinajstić information content (AvgIpc) is 2.52. The first-order chi connectivity index (χ1) is 9.83. The Morgan fingerprint density at radius 3 is 2.30 bits per heavy atom. The minimum absolute atomic E-state index is 0.865. The SMILES string of the molecule is CN/N=C/c1ccccc1/C=C/c1ccc(OC)cc1. The zero-order valence-corrected chi connectivity index (χ0v) is 11.7. The molecule has 0 aliphatic heterocycles. The van der Waals surface area contributed by atoms with E-state index in [4.69, 9.17) is 4.74 Å². The third-order valence-corrected chi connectivity index (χ3v) is 2.90. The van der Waals surface area contributed by atoms with Crippen molar-refractivity contribution in [2.75, 3.05) is 14.2 Å². The Labute approximate surface area is 119 Å². The maximum Gasteiger partial charge on any atom is 0.118 e. The molecule has 0 saturated heterocycles. The second-order valence-corrected chi connectivity index (χ2v) is 4.22. The number of nitrogens with one attached hydrogen (secondary N) is 1. The summed E-state index contributed by atoms with van der Waals surface area (Å²) in [7, 11) is 3.45. The van der Waals surface area contributed by atoms with Crippen LogP contribution in [0.4, 0.5) is 0 Å². The van der Waals surface area contributed by atoms with Crippen LogP contribution in [0.5, 0.6) is 5.75 Å². The molecule has 0 fully saturated rings. The second-order valence-electron chi connectivity index (χ2n) is 4.22. The fourth-order valence-electron chi connectivity index (χ4n) is 1.82. The van der Waals surface area contributed by atoms with Crippen molar-refractivity contribution >= 4 is 18.4 Å². The van der Waals surface area contributed by atoms with E-state index in [0.717, 1.165) is 22.4 Å². The number of methoxy groups -OCH3 is 1. The first-order valence-electron chi connectivity index (χ1n) is 6.44. The monoisotopic (exact) mass is 266 g/mol. The Morgan fingerprint density at radius 1 is 0.950 bits per heavy atom. The summed E-state index contributed by atoms with van der Waals surface area (Å²) >= 11 is 0. The van der Waals surface area contributed by atoms with Gasteiger partial charge in [0.05, 0.1) is 13.3 Å². The third kappa shape index (κ3) is 3.72. The van der Waals surface area contributed by atoms with Gasteiger partial charge in [0.2, 0.25) is 0 Å². The van der Waals surface area contributed by atoms with E-state index in [9.17, 15) is 0 Å². The van der Waals surface area contributed by atoms with Crippen LogP contribution in [0.25, 0.3) is 12.2 Å². The summed E-state index contributed by atoms with van der Waals surface area (Å²) in [5.74, 6) is 0.865. The minimum atomic E-state index is 0.865. The number of ether oxygens (including phenoxy) is 1. The van der Waals surface area contributed by atoms with E-state index >= 15 is 0 Å². The summed E-state index contributed by atoms with van der Waals surface area (Å²) in [6.07, 6.45) is 5.97. The summed E-state index contributed by atoms with van der Waals surface area (Å²) < 4.78 is 5.15. The van der Waals surface area contributed by atoms with Gasteiger partial charge in [0.15, 0.2) is 0 Å². The lowest BCUT2D eigenvalue weighted by Crippen LogP contribution is -1.95. The number of nitrogens with zero attached hydrogens (tertiary/aromatic N) is 1. The number of rotatable bonds is 5. The van der Waals surface area contributed by atoms with Crippen LogP contribution >= 0.6 is 0 Å². The first-order valence-corrected chi connectivity index (χ1v) is 6.44. The molecule has 1 N–H and O–H groups in total. The van der Waals surface area contributed by atoms with Gasteiger partial charge in [-0.05, 0) is 23.3 Å². The van der Waals surface area contributed by atoms with Crippen LogP contribution in [0.3, 0.4) is 0 Å². The van der Waals surface area contributed by atoms with Crippen LogP contribution in [0, 0.1) is 0 Å². The number of benzene rings is 2. The molecule has 0 saturated carbocycles. The van der Waals surface area contributed by atoms with Crippen LogP contribution in [0.15, 0.2) is 53.6 Å². The summed E-state index contributed by atoms with van der Waals surface area (Å²) in [6, 6.07) is 16.1. The molecule has 102 valence electrons. The van der Waals surface area contributed by atoms with E-state index in [1.54, 1.807) is 14.2 Å². The summed E-state index contributed by atoms with van der Waals surface area (Å²) in [5.41, 5.74) is 6.09. The molecule has 0 unspecified atom stereocenters. The number of hydrogen-bond acceptors (Lipinski definition) is 3. The fourth-order valence-corrected chi connectivity index (χ4v) is 1.82. The van der Waals surface area contributed by atoms with Crippen LogP contribution in [-0.2, 0) is 0 Å². The Hall–Kier alpha value is -2.55. The molecule has 3 nitrogen and oxygen atoms in total. The summed E-state index contributed by atoms with van der Waals surface area (Å²) in [5, 5.41) is 4.05. The van der Waals surface area contributed by atoms with E-state index in [1.807, 2.05) is 48.7 Å². The Kier molecular flexibility index (Phi) is 4.95. The predicted octanol–water partition coefficient (Wildman–Crippen LogP) is 3.42. The lowest BCUT2D eigenvalue weighted by atomic mass is 10.1.